The highest BCUT2D eigenvalue weighted by atomic mass is 16.5. The van der Waals surface area contributed by atoms with E-state index in [1.165, 1.54) is 0 Å². The van der Waals surface area contributed by atoms with Crippen LogP contribution in [0.2, 0.25) is 0 Å². The summed E-state index contributed by atoms with van der Waals surface area (Å²) in [5, 5.41) is 3.94. The quantitative estimate of drug-likeness (QED) is 0.727. The summed E-state index contributed by atoms with van der Waals surface area (Å²) in [6.45, 7) is 4.06. The standard InChI is InChI=1S/C11H12N2O/c1-3-9-7-10(14-13-9)11-8(2)5-4-6-12-11/h4-7H,3H2,1-2H3. The summed E-state index contributed by atoms with van der Waals surface area (Å²) < 4.78 is 5.21. The highest BCUT2D eigenvalue weighted by molar-refractivity contribution is 5.56. The molecule has 0 saturated heterocycles. The van der Waals surface area contributed by atoms with Crippen LogP contribution in [-0.2, 0) is 6.42 Å². The first-order valence-corrected chi connectivity index (χ1v) is 4.69. The molecular formula is C11H12N2O. The van der Waals surface area contributed by atoms with E-state index in [9.17, 15) is 0 Å². The van der Waals surface area contributed by atoms with Crippen LogP contribution in [0.1, 0.15) is 18.2 Å². The van der Waals surface area contributed by atoms with E-state index in [1.807, 2.05) is 32.0 Å². The highest BCUT2D eigenvalue weighted by Gasteiger charge is 2.08. The van der Waals surface area contributed by atoms with Gasteiger partial charge in [-0.1, -0.05) is 18.1 Å². The molecule has 0 atom stereocenters. The van der Waals surface area contributed by atoms with E-state index in [0.717, 1.165) is 29.1 Å². The molecule has 0 aliphatic heterocycles. The molecule has 2 aromatic rings. The van der Waals surface area contributed by atoms with Crippen LogP contribution in [0.25, 0.3) is 11.5 Å². The molecule has 0 unspecified atom stereocenters. The molecule has 3 heteroatoms. The van der Waals surface area contributed by atoms with E-state index in [1.54, 1.807) is 6.20 Å². The van der Waals surface area contributed by atoms with Crippen molar-refractivity contribution in [1.29, 1.82) is 0 Å². The zero-order valence-corrected chi connectivity index (χ0v) is 8.32. The van der Waals surface area contributed by atoms with Crippen molar-refractivity contribution in [2.45, 2.75) is 20.3 Å². The molecular weight excluding hydrogens is 176 g/mol. The van der Waals surface area contributed by atoms with Gasteiger partial charge in [0.25, 0.3) is 0 Å². The molecule has 0 aliphatic carbocycles. The third kappa shape index (κ3) is 1.53. The van der Waals surface area contributed by atoms with Crippen LogP contribution in [0, 0.1) is 6.92 Å². The molecule has 0 aromatic carbocycles. The van der Waals surface area contributed by atoms with E-state index in [0.29, 0.717) is 0 Å². The minimum atomic E-state index is 0.750. The van der Waals surface area contributed by atoms with Crippen molar-refractivity contribution in [3.05, 3.63) is 35.7 Å². The van der Waals surface area contributed by atoms with Crippen molar-refractivity contribution >= 4 is 0 Å². The number of rotatable bonds is 2. The van der Waals surface area contributed by atoms with Crippen molar-refractivity contribution < 1.29 is 4.52 Å². The normalized spacial score (nSPS) is 10.4. The van der Waals surface area contributed by atoms with Gasteiger partial charge in [-0.15, -0.1) is 0 Å². The van der Waals surface area contributed by atoms with Crippen LogP contribution in [0.5, 0.6) is 0 Å². The van der Waals surface area contributed by atoms with Gasteiger partial charge in [0.05, 0.1) is 5.69 Å². The Morgan fingerprint density at radius 2 is 2.29 bits per heavy atom. The van der Waals surface area contributed by atoms with Crippen LogP contribution < -0.4 is 0 Å². The predicted octanol–water partition coefficient (Wildman–Crippen LogP) is 2.61. The summed E-state index contributed by atoms with van der Waals surface area (Å²) in [5.74, 6) is 0.750. The van der Waals surface area contributed by atoms with Crippen molar-refractivity contribution in [1.82, 2.24) is 10.1 Å². The minimum absolute atomic E-state index is 0.750. The van der Waals surface area contributed by atoms with E-state index in [2.05, 4.69) is 10.1 Å². The van der Waals surface area contributed by atoms with Crippen LogP contribution in [-0.4, -0.2) is 10.1 Å². The number of aryl methyl sites for hydroxylation is 2. The third-order valence-electron chi connectivity index (χ3n) is 2.16. The highest BCUT2D eigenvalue weighted by Crippen LogP contribution is 2.21. The van der Waals surface area contributed by atoms with Crippen molar-refractivity contribution in [3.8, 4) is 11.5 Å². The van der Waals surface area contributed by atoms with E-state index in [-0.39, 0.29) is 0 Å². The summed E-state index contributed by atoms with van der Waals surface area (Å²) >= 11 is 0. The van der Waals surface area contributed by atoms with Crippen LogP contribution in [0.3, 0.4) is 0 Å². The lowest BCUT2D eigenvalue weighted by molar-refractivity contribution is 0.423. The smallest absolute Gasteiger partial charge is 0.185 e. The van der Waals surface area contributed by atoms with Gasteiger partial charge < -0.3 is 4.52 Å². The lowest BCUT2D eigenvalue weighted by Gasteiger charge is -1.97. The molecule has 0 radical (unpaired) electrons. The molecule has 0 N–H and O–H groups in total. The Hall–Kier alpha value is -1.64. The van der Waals surface area contributed by atoms with Gasteiger partial charge >= 0.3 is 0 Å². The molecule has 14 heavy (non-hydrogen) atoms. The Morgan fingerprint density at radius 3 is 2.93 bits per heavy atom. The Kier molecular flexibility index (Phi) is 2.31. The number of hydrogen-bond acceptors (Lipinski definition) is 3. The molecule has 2 aromatic heterocycles. The Balaban J connectivity index is 2.44. The number of pyridine rings is 1. The third-order valence-corrected chi connectivity index (χ3v) is 2.16. The van der Waals surface area contributed by atoms with Gasteiger partial charge in [0, 0.05) is 12.3 Å². The Labute approximate surface area is 82.8 Å². The van der Waals surface area contributed by atoms with E-state index in [4.69, 9.17) is 4.52 Å². The number of nitrogens with zero attached hydrogens (tertiary/aromatic N) is 2. The molecule has 2 heterocycles. The van der Waals surface area contributed by atoms with E-state index >= 15 is 0 Å². The average molecular weight is 188 g/mol. The molecule has 0 fully saturated rings. The second-order valence-corrected chi connectivity index (χ2v) is 3.20. The summed E-state index contributed by atoms with van der Waals surface area (Å²) in [7, 11) is 0. The summed E-state index contributed by atoms with van der Waals surface area (Å²) in [4.78, 5) is 4.26. The molecule has 0 amide bonds. The molecule has 0 spiro atoms. The first kappa shape index (κ1) is 8.94. The van der Waals surface area contributed by atoms with Gasteiger partial charge in [0.15, 0.2) is 5.76 Å². The maximum Gasteiger partial charge on any atom is 0.185 e. The molecule has 3 nitrogen and oxygen atoms in total. The minimum Gasteiger partial charge on any atom is -0.354 e. The molecule has 0 saturated carbocycles. The Bertz CT molecular complexity index is 434. The van der Waals surface area contributed by atoms with Gasteiger partial charge in [-0.25, -0.2) is 0 Å². The lowest BCUT2D eigenvalue weighted by atomic mass is 10.1. The largest absolute Gasteiger partial charge is 0.354 e. The Morgan fingerprint density at radius 1 is 1.43 bits per heavy atom. The second kappa shape index (κ2) is 3.62. The van der Waals surface area contributed by atoms with Gasteiger partial charge in [0.2, 0.25) is 0 Å². The summed E-state index contributed by atoms with van der Waals surface area (Å²) in [6.07, 6.45) is 2.64. The van der Waals surface area contributed by atoms with Gasteiger partial charge in [-0.2, -0.15) is 0 Å². The fourth-order valence-corrected chi connectivity index (χ4v) is 1.33. The molecule has 0 bridgehead atoms. The first-order valence-electron chi connectivity index (χ1n) is 4.69. The monoisotopic (exact) mass is 188 g/mol. The summed E-state index contributed by atoms with van der Waals surface area (Å²) in [5.41, 5.74) is 2.94. The maximum atomic E-state index is 5.21. The van der Waals surface area contributed by atoms with Crippen molar-refractivity contribution in [3.63, 3.8) is 0 Å². The van der Waals surface area contributed by atoms with Gasteiger partial charge in [0.1, 0.15) is 5.69 Å². The second-order valence-electron chi connectivity index (χ2n) is 3.20. The maximum absolute atomic E-state index is 5.21. The van der Waals surface area contributed by atoms with Gasteiger partial charge in [-0.05, 0) is 25.0 Å². The van der Waals surface area contributed by atoms with Crippen LogP contribution >= 0.6 is 0 Å². The zero-order chi connectivity index (χ0) is 9.97. The molecule has 2 rings (SSSR count). The fraction of sp³-hybridized carbons (Fsp3) is 0.273. The van der Waals surface area contributed by atoms with Crippen LogP contribution in [0.4, 0.5) is 0 Å². The zero-order valence-electron chi connectivity index (χ0n) is 8.32. The SMILES string of the molecule is CCc1cc(-c2ncccc2C)on1. The lowest BCUT2D eigenvalue weighted by Crippen LogP contribution is -1.84. The van der Waals surface area contributed by atoms with E-state index < -0.39 is 0 Å². The first-order chi connectivity index (χ1) is 6.81. The molecule has 0 aliphatic rings. The fourth-order valence-electron chi connectivity index (χ4n) is 1.33. The number of aromatic nitrogens is 2. The van der Waals surface area contributed by atoms with Gasteiger partial charge in [-0.3, -0.25) is 4.98 Å². The number of hydrogen-bond donors (Lipinski definition) is 0. The predicted molar refractivity (Wildman–Crippen MR) is 53.8 cm³/mol. The van der Waals surface area contributed by atoms with Crippen molar-refractivity contribution in [2.24, 2.45) is 0 Å². The van der Waals surface area contributed by atoms with Crippen LogP contribution in [0.15, 0.2) is 28.9 Å². The average Bonchev–Trinajstić information content (AvgIpc) is 2.67. The summed E-state index contributed by atoms with van der Waals surface area (Å²) in [6, 6.07) is 5.86. The van der Waals surface area contributed by atoms with Crippen molar-refractivity contribution in [2.75, 3.05) is 0 Å². The topological polar surface area (TPSA) is 38.9 Å². The molecule has 72 valence electrons.